The van der Waals surface area contributed by atoms with Gasteiger partial charge in [0.05, 0.1) is 15.9 Å². The summed E-state index contributed by atoms with van der Waals surface area (Å²) in [5.41, 5.74) is 2.87. The zero-order chi connectivity index (χ0) is 47.6. The molecule has 4 bridgehead atoms. The van der Waals surface area contributed by atoms with Crippen molar-refractivity contribution in [1.82, 2.24) is 4.72 Å². The Morgan fingerprint density at radius 3 is 1.79 bits per heavy atom. The van der Waals surface area contributed by atoms with E-state index in [1.807, 2.05) is 0 Å². The number of fused-ring (bicyclic) bond motifs is 2. The maximum absolute atomic E-state index is 14.9. The van der Waals surface area contributed by atoms with Gasteiger partial charge in [-0.15, -0.1) is 0 Å². The van der Waals surface area contributed by atoms with Gasteiger partial charge < -0.3 is 9.73 Å². The quantitative estimate of drug-likeness (QED) is 0.0636. The van der Waals surface area contributed by atoms with Crippen molar-refractivity contribution in [1.29, 1.82) is 0 Å². The van der Waals surface area contributed by atoms with Crippen molar-refractivity contribution in [3.05, 3.63) is 105 Å². The zero-order valence-electron chi connectivity index (χ0n) is 36.9. The standard InChI is InChI=1S/C47H49N3O12S4/c1-24-13-26(3)45(65(56,57)58)28(5)43(24)48-33-11-12-34-38(18-33)62-39-20-37(49-44-25(2)14-27(4)46(29(44)6)66(59,60)61)41(64(53,54)55)19-36(39)42(34)35-9-7-8-10-40(35)63(51,52)50-47-21-30-15-31(22-47)17-32(16-30)23-47/h7-14,18-20,30-32,48,50H,15-17,21-23H2,1-6H3,(H,53,54,55)(H,56,57,58)(H,59,60,61). The van der Waals surface area contributed by atoms with Crippen LogP contribution in [-0.2, 0) is 40.4 Å². The first kappa shape index (κ1) is 46.1. The summed E-state index contributed by atoms with van der Waals surface area (Å²) in [6.07, 6.45) is 5.52. The average molecular weight is 976 g/mol. The molecule has 10 rings (SSSR count). The van der Waals surface area contributed by atoms with Gasteiger partial charge in [0.2, 0.25) is 10.0 Å². The van der Waals surface area contributed by atoms with E-state index in [0.29, 0.717) is 51.2 Å². The molecule has 1 aliphatic heterocycles. The first-order chi connectivity index (χ1) is 30.7. The SMILES string of the molecule is Cc1cc(C)c(S(=O)(=O)O)c(C)c1N=c1cc2oc3cc(Nc4c(C)cc(C)c(S(=O)(=O)O)c4C)ccc3c(-c3ccccc3S(=O)(=O)NC34CC5CC(CC(C5)C3)C4)c-2cc1S(=O)(=O)O. The van der Waals surface area contributed by atoms with Gasteiger partial charge in [0.25, 0.3) is 30.4 Å². The lowest BCUT2D eigenvalue weighted by Crippen LogP contribution is -2.59. The fourth-order valence-electron chi connectivity index (χ4n) is 11.8. The number of nitrogens with zero attached hydrogens (tertiary/aromatic N) is 1. The van der Waals surface area contributed by atoms with E-state index in [-0.39, 0.29) is 65.6 Å². The van der Waals surface area contributed by atoms with Gasteiger partial charge in [0.1, 0.15) is 26.0 Å². The van der Waals surface area contributed by atoms with Crippen molar-refractivity contribution in [3.63, 3.8) is 0 Å². The van der Waals surface area contributed by atoms with Crippen LogP contribution < -0.4 is 15.4 Å². The van der Waals surface area contributed by atoms with Crippen LogP contribution in [0.2, 0.25) is 0 Å². The third-order valence-electron chi connectivity index (χ3n) is 13.7. The highest BCUT2D eigenvalue weighted by atomic mass is 32.2. The van der Waals surface area contributed by atoms with Crippen LogP contribution in [0.1, 0.15) is 71.9 Å². The molecule has 0 amide bonds. The van der Waals surface area contributed by atoms with E-state index in [2.05, 4.69) is 15.0 Å². The molecule has 0 radical (unpaired) electrons. The van der Waals surface area contributed by atoms with Crippen LogP contribution in [0.15, 0.2) is 95.7 Å². The number of anilines is 2. The van der Waals surface area contributed by atoms with Gasteiger partial charge >= 0.3 is 0 Å². The maximum Gasteiger partial charge on any atom is 0.296 e. The van der Waals surface area contributed by atoms with Crippen molar-refractivity contribution >= 4 is 68.4 Å². The van der Waals surface area contributed by atoms with Gasteiger partial charge in [0, 0.05) is 51.1 Å². The van der Waals surface area contributed by atoms with E-state index in [4.69, 9.17) is 4.42 Å². The summed E-state index contributed by atoms with van der Waals surface area (Å²) < 4.78 is 147. The minimum absolute atomic E-state index is 0.00387. The predicted octanol–water partition coefficient (Wildman–Crippen LogP) is 9.02. The highest BCUT2D eigenvalue weighted by Gasteiger charge is 2.52. The molecule has 0 spiro atoms. The van der Waals surface area contributed by atoms with E-state index in [9.17, 15) is 47.3 Å². The second kappa shape index (κ2) is 15.8. The minimum atomic E-state index is -5.11. The molecule has 0 aromatic heterocycles. The molecule has 15 nitrogen and oxygen atoms in total. The van der Waals surface area contributed by atoms with Crippen LogP contribution in [0, 0.1) is 59.3 Å². The smallest absolute Gasteiger partial charge is 0.296 e. The van der Waals surface area contributed by atoms with Crippen LogP contribution >= 0.6 is 0 Å². The molecule has 19 heteroatoms. The van der Waals surface area contributed by atoms with Crippen LogP contribution in [0.3, 0.4) is 0 Å². The number of hydrogen-bond donors (Lipinski definition) is 5. The molecule has 0 saturated heterocycles. The highest BCUT2D eigenvalue weighted by molar-refractivity contribution is 7.89. The van der Waals surface area contributed by atoms with Gasteiger partial charge in [-0.05, 0) is 155 Å². The van der Waals surface area contributed by atoms with Crippen molar-refractivity contribution in [3.8, 4) is 22.5 Å². The van der Waals surface area contributed by atoms with E-state index < -0.39 is 55.7 Å². The normalized spacial score (nSPS) is 21.3. The molecule has 4 aromatic carbocycles. The second-order valence-electron chi connectivity index (χ2n) is 18.6. The summed E-state index contributed by atoms with van der Waals surface area (Å²) in [6, 6.07) is 16.8. The van der Waals surface area contributed by atoms with Gasteiger partial charge in [0.15, 0.2) is 0 Å². The largest absolute Gasteiger partial charge is 0.456 e. The second-order valence-corrected chi connectivity index (χ2v) is 24.4. The number of rotatable bonds is 10. The number of nitrogens with one attached hydrogen (secondary N) is 2. The first-order valence-electron chi connectivity index (χ1n) is 21.4. The Kier molecular flexibility index (Phi) is 11.0. The molecule has 4 aromatic rings. The Labute approximate surface area is 384 Å². The van der Waals surface area contributed by atoms with Crippen LogP contribution in [0.4, 0.5) is 17.1 Å². The average Bonchev–Trinajstić information content (AvgIpc) is 3.17. The monoisotopic (exact) mass is 975 g/mol. The molecule has 66 heavy (non-hydrogen) atoms. The third-order valence-corrected chi connectivity index (χ3v) is 18.5. The summed E-state index contributed by atoms with van der Waals surface area (Å²) in [5.74, 6) is 1.32. The van der Waals surface area contributed by atoms with Crippen LogP contribution in [-0.4, -0.2) is 52.9 Å². The van der Waals surface area contributed by atoms with E-state index in [1.165, 1.54) is 32.0 Å². The molecule has 5 N–H and O–H groups in total. The molecule has 0 atom stereocenters. The lowest BCUT2D eigenvalue weighted by Gasteiger charge is -2.56. The summed E-state index contributed by atoms with van der Waals surface area (Å²) in [6.45, 7) is 9.44. The molecule has 4 saturated carbocycles. The highest BCUT2D eigenvalue weighted by Crippen LogP contribution is 2.56. The van der Waals surface area contributed by atoms with Crippen molar-refractivity contribution in [2.75, 3.05) is 5.32 Å². The number of aryl methyl sites for hydroxylation is 4. The Bertz CT molecular complexity index is 3550. The molecule has 0 unspecified atom stereocenters. The van der Waals surface area contributed by atoms with Gasteiger partial charge in [-0.2, -0.15) is 25.3 Å². The van der Waals surface area contributed by atoms with Crippen LogP contribution in [0.25, 0.3) is 33.4 Å². The Morgan fingerprint density at radius 1 is 0.621 bits per heavy atom. The number of benzene rings is 5. The summed E-state index contributed by atoms with van der Waals surface area (Å²) in [7, 11) is -18.7. The van der Waals surface area contributed by atoms with Gasteiger partial charge in [-0.25, -0.2) is 18.1 Å². The maximum atomic E-state index is 14.9. The van der Waals surface area contributed by atoms with Crippen molar-refractivity contribution in [2.45, 2.75) is 105 Å². The summed E-state index contributed by atoms with van der Waals surface area (Å²) >= 11 is 0. The predicted molar refractivity (Wildman–Crippen MR) is 249 cm³/mol. The van der Waals surface area contributed by atoms with Crippen molar-refractivity contribution < 1.29 is 51.7 Å². The Hall–Kier alpha value is -4.99. The summed E-state index contributed by atoms with van der Waals surface area (Å²) in [5, 5.41) is 3.25. The molecule has 5 aliphatic carbocycles. The lowest BCUT2D eigenvalue weighted by atomic mass is 9.53. The van der Waals surface area contributed by atoms with Gasteiger partial charge in [-0.1, -0.05) is 30.3 Å². The molecule has 6 aliphatic rings. The zero-order valence-corrected chi connectivity index (χ0v) is 40.2. The third kappa shape index (κ3) is 8.16. The molecule has 1 heterocycles. The van der Waals surface area contributed by atoms with Gasteiger partial charge in [-0.3, -0.25) is 13.7 Å². The Balaban J connectivity index is 1.31. The topological polar surface area (TPSA) is 247 Å². The van der Waals surface area contributed by atoms with E-state index in [1.54, 1.807) is 70.2 Å². The molecule has 348 valence electrons. The fraction of sp³-hybridized carbons (Fsp3) is 0.340. The number of hydrogen-bond acceptors (Lipinski definition) is 11. The summed E-state index contributed by atoms with van der Waals surface area (Å²) in [4.78, 5) is 3.16. The number of sulfonamides is 1. The van der Waals surface area contributed by atoms with Crippen molar-refractivity contribution in [2.24, 2.45) is 22.7 Å². The van der Waals surface area contributed by atoms with E-state index in [0.717, 1.165) is 44.6 Å². The Morgan fingerprint density at radius 2 is 1.20 bits per heavy atom. The lowest BCUT2D eigenvalue weighted by molar-refractivity contribution is -0.00810. The first-order valence-corrected chi connectivity index (χ1v) is 27.2. The molecular weight excluding hydrogens is 927 g/mol. The van der Waals surface area contributed by atoms with E-state index >= 15 is 0 Å². The molecular formula is C47H49N3O12S4. The minimum Gasteiger partial charge on any atom is -0.456 e. The van der Waals surface area contributed by atoms with Crippen LogP contribution in [0.5, 0.6) is 0 Å². The molecule has 4 fully saturated rings. The fourth-order valence-corrected chi connectivity index (χ4v) is 16.0.